The molecule has 4 N–H and O–H groups in total. The van der Waals surface area contributed by atoms with Crippen molar-refractivity contribution >= 4 is 23.6 Å². The number of aromatic nitrogens is 2. The molecule has 1 saturated heterocycles. The number of allylic oxidation sites excluding steroid dienone is 1. The number of hydrogen-bond acceptors (Lipinski definition) is 8. The fourth-order valence-corrected chi connectivity index (χ4v) is 8.09. The van der Waals surface area contributed by atoms with Crippen LogP contribution in [0.25, 0.3) is 0 Å². The Morgan fingerprint density at radius 1 is 0.677 bits per heavy atom. The quantitative estimate of drug-likeness (QED) is 0.189. The summed E-state index contributed by atoms with van der Waals surface area (Å²) in [7, 11) is 0. The topological polar surface area (TPSA) is 183 Å². The van der Waals surface area contributed by atoms with Crippen LogP contribution in [-0.2, 0) is 13.1 Å². The molecule has 4 bridgehead atoms. The summed E-state index contributed by atoms with van der Waals surface area (Å²) in [6.07, 6.45) is 2.82. The number of hydrogen-bond donors (Lipinski definition) is 4. The van der Waals surface area contributed by atoms with Crippen molar-refractivity contribution in [3.8, 4) is 11.5 Å². The molecule has 4 aliphatic heterocycles. The van der Waals surface area contributed by atoms with E-state index in [4.69, 9.17) is 0 Å². The van der Waals surface area contributed by atoms with E-state index >= 15 is 0 Å². The summed E-state index contributed by atoms with van der Waals surface area (Å²) in [5.41, 5.74) is -5.78. The van der Waals surface area contributed by atoms with E-state index in [-0.39, 0.29) is 31.6 Å². The molecule has 6 heterocycles. The van der Waals surface area contributed by atoms with E-state index in [1.807, 2.05) is 0 Å². The molecule has 0 radical (unpaired) electrons. The fraction of sp³-hybridized carbons (Fsp3) is 0.333. The molecule has 0 unspecified atom stereocenters. The molecule has 1 fully saturated rings. The predicted molar refractivity (Wildman–Crippen MR) is 207 cm³/mol. The van der Waals surface area contributed by atoms with Crippen LogP contribution in [0.3, 0.4) is 0 Å². The number of benzene rings is 2. The number of pyridine rings is 2. The third kappa shape index (κ3) is 8.29. The van der Waals surface area contributed by atoms with Gasteiger partial charge < -0.3 is 39.8 Å². The van der Waals surface area contributed by atoms with Gasteiger partial charge >= 0.3 is 0 Å². The van der Waals surface area contributed by atoms with Crippen LogP contribution >= 0.6 is 0 Å². The SMILES string of the molecule is C[C@@H]1N2C[C@H](CCC1(F)F)n1cc(C(=O)NCc3c(F)cc(F)cc3F)c(=O)c(O)c1C2=O.C[C@H]1C(F)=CC[C@H]2CN1C(=O)c1c(O)c(=O)c(C(=O)NCc3c(F)cc(F)cc3F)cn12. The molecule has 4 aliphatic rings. The lowest BCUT2D eigenvalue weighted by molar-refractivity contribution is -0.0640. The van der Waals surface area contributed by atoms with Crippen LogP contribution in [0.15, 0.2) is 58.2 Å². The van der Waals surface area contributed by atoms with E-state index in [0.717, 1.165) is 21.9 Å². The Balaban J connectivity index is 0.000000194. The Kier molecular flexibility index (Phi) is 12.1. The summed E-state index contributed by atoms with van der Waals surface area (Å²) in [6, 6.07) is -1.89. The molecule has 2 aromatic heterocycles. The number of amides is 4. The molecular formula is C42H35F9N6O8. The summed E-state index contributed by atoms with van der Waals surface area (Å²) >= 11 is 0. The number of nitrogens with zero attached hydrogens (tertiary/aromatic N) is 4. The lowest BCUT2D eigenvalue weighted by Gasteiger charge is -2.38. The molecule has 23 heteroatoms. The van der Waals surface area contributed by atoms with Gasteiger partial charge in [-0.2, -0.15) is 0 Å². The van der Waals surface area contributed by atoms with Crippen LogP contribution in [0.4, 0.5) is 39.5 Å². The molecule has 2 aromatic carbocycles. The van der Waals surface area contributed by atoms with E-state index in [0.29, 0.717) is 24.3 Å². The Hall–Kier alpha value is -7.07. The number of rotatable bonds is 6. The maximum absolute atomic E-state index is 14.4. The Morgan fingerprint density at radius 2 is 1.09 bits per heavy atom. The number of halogens is 9. The van der Waals surface area contributed by atoms with Crippen molar-refractivity contribution in [2.24, 2.45) is 0 Å². The molecular weight excluding hydrogens is 887 g/mol. The van der Waals surface area contributed by atoms with E-state index in [1.54, 1.807) is 0 Å². The third-order valence-electron chi connectivity index (χ3n) is 11.8. The highest BCUT2D eigenvalue weighted by atomic mass is 19.3. The van der Waals surface area contributed by atoms with Crippen molar-refractivity contribution < 1.29 is 68.9 Å². The average molecular weight is 923 g/mol. The minimum Gasteiger partial charge on any atom is -0.503 e. The first-order valence-electron chi connectivity index (χ1n) is 19.7. The fourth-order valence-electron chi connectivity index (χ4n) is 8.09. The van der Waals surface area contributed by atoms with E-state index in [1.165, 1.54) is 29.4 Å². The van der Waals surface area contributed by atoms with Crippen molar-refractivity contribution in [1.82, 2.24) is 29.6 Å². The first kappa shape index (κ1) is 45.9. The van der Waals surface area contributed by atoms with Crippen molar-refractivity contribution in [3.05, 3.63) is 138 Å². The summed E-state index contributed by atoms with van der Waals surface area (Å²) in [5, 5.41) is 25.1. The molecule has 344 valence electrons. The summed E-state index contributed by atoms with van der Waals surface area (Å²) < 4.78 is 127. The largest absolute Gasteiger partial charge is 0.503 e. The van der Waals surface area contributed by atoms with E-state index in [2.05, 4.69) is 10.6 Å². The van der Waals surface area contributed by atoms with Gasteiger partial charge in [-0.15, -0.1) is 0 Å². The van der Waals surface area contributed by atoms with Gasteiger partial charge in [0.1, 0.15) is 51.9 Å². The Bertz CT molecular complexity index is 2800. The van der Waals surface area contributed by atoms with Crippen molar-refractivity contribution in [2.45, 2.75) is 76.3 Å². The number of alkyl halides is 2. The van der Waals surface area contributed by atoms with Gasteiger partial charge in [0.15, 0.2) is 22.9 Å². The van der Waals surface area contributed by atoms with Crippen LogP contribution in [0.5, 0.6) is 11.5 Å². The highest BCUT2D eigenvalue weighted by Crippen LogP contribution is 2.41. The van der Waals surface area contributed by atoms with Gasteiger partial charge in [-0.1, -0.05) is 0 Å². The van der Waals surface area contributed by atoms with Crippen LogP contribution in [0, 0.1) is 34.9 Å². The summed E-state index contributed by atoms with van der Waals surface area (Å²) in [6.45, 7) is 1.20. The van der Waals surface area contributed by atoms with Gasteiger partial charge in [0.2, 0.25) is 10.9 Å². The maximum atomic E-state index is 14.4. The van der Waals surface area contributed by atoms with Gasteiger partial charge in [0.25, 0.3) is 29.6 Å². The standard InChI is InChI=1S/C21H18F5N3O4.C21H17F4N3O4/c1-9-21(25,26)3-2-11-7-28(9)20(33)16-18(31)17(30)13(8-29(11)16)19(32)27-6-12-14(23)4-10(22)5-15(12)24;1-9-14(23)3-2-11-7-27(9)21(32)17-19(30)18(29)13(8-28(11)17)20(31)26-6-12-15(24)4-10(22)5-16(12)25/h4-5,8-9,11,31H,2-3,6-7H2,1H3,(H,27,32);3-5,8-9,11,30H,2,6-7H2,1H3,(H,26,31)/t2*9-,11-/m00/s1. The molecule has 0 aliphatic carbocycles. The minimum absolute atomic E-state index is 0.0896. The molecule has 8 rings (SSSR count). The van der Waals surface area contributed by atoms with E-state index in [9.17, 15) is 78.5 Å². The first-order chi connectivity index (χ1) is 30.5. The molecule has 4 amide bonds. The number of fused-ring (bicyclic) bond motifs is 8. The average Bonchev–Trinajstić information content (AvgIpc) is 3.43. The second-order valence-corrected chi connectivity index (χ2v) is 15.7. The van der Waals surface area contributed by atoms with Crippen LogP contribution in [-0.4, -0.2) is 83.9 Å². The van der Waals surface area contributed by atoms with Crippen LogP contribution < -0.4 is 21.5 Å². The molecule has 0 spiro atoms. The van der Waals surface area contributed by atoms with Crippen molar-refractivity contribution in [2.75, 3.05) is 13.1 Å². The number of aromatic hydroxyl groups is 2. The second kappa shape index (κ2) is 17.1. The molecule has 4 atom stereocenters. The van der Waals surface area contributed by atoms with Gasteiger partial charge in [-0.05, 0) is 32.8 Å². The lowest BCUT2D eigenvalue weighted by atomic mass is 10.0. The molecule has 4 aromatic rings. The zero-order valence-electron chi connectivity index (χ0n) is 33.8. The summed E-state index contributed by atoms with van der Waals surface area (Å²) in [4.78, 5) is 78.0. The highest BCUT2D eigenvalue weighted by molar-refractivity contribution is 6.00. The van der Waals surface area contributed by atoms with Gasteiger partial charge in [0.05, 0.1) is 24.2 Å². The molecule has 0 saturated carbocycles. The van der Waals surface area contributed by atoms with Gasteiger partial charge in [-0.3, -0.25) is 28.8 Å². The number of carbonyl (C=O) groups is 4. The van der Waals surface area contributed by atoms with Gasteiger partial charge in [0, 0.05) is 80.4 Å². The normalized spacial score (nSPS) is 20.6. The monoisotopic (exact) mass is 922 g/mol. The zero-order valence-corrected chi connectivity index (χ0v) is 33.8. The Morgan fingerprint density at radius 3 is 1.55 bits per heavy atom. The molecule has 14 nitrogen and oxygen atoms in total. The zero-order chi connectivity index (χ0) is 47.6. The summed E-state index contributed by atoms with van der Waals surface area (Å²) in [5.74, 6) is -17.0. The van der Waals surface area contributed by atoms with Crippen molar-refractivity contribution in [3.63, 3.8) is 0 Å². The number of carbonyl (C=O) groups excluding carboxylic acids is 4. The first-order valence-corrected chi connectivity index (χ1v) is 19.7. The smallest absolute Gasteiger partial charge is 0.275 e. The lowest BCUT2D eigenvalue weighted by Crippen LogP contribution is -2.52. The van der Waals surface area contributed by atoms with E-state index < -0.39 is 164 Å². The van der Waals surface area contributed by atoms with Gasteiger partial charge in [-0.25, -0.2) is 39.5 Å². The second-order valence-electron chi connectivity index (χ2n) is 15.7. The third-order valence-corrected chi connectivity index (χ3v) is 11.8. The minimum atomic E-state index is -3.19. The predicted octanol–water partition coefficient (Wildman–Crippen LogP) is 5.26. The highest BCUT2D eigenvalue weighted by Gasteiger charge is 2.49. The molecule has 65 heavy (non-hydrogen) atoms. The Labute approximate surface area is 360 Å². The number of nitrogens with one attached hydrogen (secondary N) is 2. The van der Waals surface area contributed by atoms with Crippen LogP contribution in [0.2, 0.25) is 0 Å². The maximum Gasteiger partial charge on any atom is 0.275 e. The van der Waals surface area contributed by atoms with Crippen molar-refractivity contribution in [1.29, 1.82) is 0 Å². The van der Waals surface area contributed by atoms with Crippen LogP contribution in [0.1, 0.15) is 98.0 Å².